The van der Waals surface area contributed by atoms with Crippen LogP contribution in [0.25, 0.3) is 23.3 Å². The number of ether oxygens (including phenoxy) is 3. The molecule has 0 aliphatic heterocycles. The molecule has 0 fully saturated rings. The molecule has 0 spiro atoms. The van der Waals surface area contributed by atoms with Crippen LogP contribution in [0.4, 0.5) is 10.2 Å². The highest BCUT2D eigenvalue weighted by Gasteiger charge is 2.24. The van der Waals surface area contributed by atoms with E-state index < -0.39 is 5.82 Å². The summed E-state index contributed by atoms with van der Waals surface area (Å²) in [5, 5.41) is 0.531. The van der Waals surface area contributed by atoms with E-state index in [0.717, 1.165) is 18.1 Å². The third-order valence-electron chi connectivity index (χ3n) is 5.08. The second-order valence-corrected chi connectivity index (χ2v) is 8.29. The molecule has 4 aromatic rings. The van der Waals surface area contributed by atoms with Gasteiger partial charge < -0.3 is 30.4 Å². The largest absolute Gasteiger partial charge is 0.494 e. The molecule has 192 valence electrons. The maximum absolute atomic E-state index is 13.2. The molecule has 0 aliphatic carbocycles. The smallest absolute Gasteiger partial charge is 0.213 e. The van der Waals surface area contributed by atoms with Crippen LogP contribution in [-0.4, -0.2) is 40.3 Å². The minimum atomic E-state index is -0.426. The summed E-state index contributed by atoms with van der Waals surface area (Å²) in [6.45, 7) is 2.34. The van der Waals surface area contributed by atoms with Crippen LogP contribution in [0, 0.1) is 5.82 Å². The lowest BCUT2D eigenvalue weighted by Crippen LogP contribution is -2.14. The van der Waals surface area contributed by atoms with Gasteiger partial charge in [-0.3, -0.25) is 4.57 Å². The molecule has 37 heavy (non-hydrogen) atoms. The molecule has 0 radical (unpaired) electrons. The summed E-state index contributed by atoms with van der Waals surface area (Å²) < 4.78 is 34.8. The SMILES string of the molecule is CCOc1cccc(-c2nc(N)c(/C=C(\N)NSc3ccc(F)cn3)n2-c2c(OC)cccc2OC)n1. The average Bonchev–Trinajstić information content (AvgIpc) is 3.23. The molecule has 10 nitrogen and oxygen atoms in total. The zero-order valence-electron chi connectivity index (χ0n) is 20.4. The number of imidazole rings is 1. The number of pyridine rings is 2. The van der Waals surface area contributed by atoms with Crippen LogP contribution in [0.5, 0.6) is 17.4 Å². The van der Waals surface area contributed by atoms with Crippen LogP contribution in [0.1, 0.15) is 12.6 Å². The normalized spacial score (nSPS) is 11.3. The van der Waals surface area contributed by atoms with Crippen molar-refractivity contribution in [1.82, 2.24) is 24.2 Å². The number of nitrogen functional groups attached to an aromatic ring is 1. The second kappa shape index (κ2) is 11.5. The van der Waals surface area contributed by atoms with E-state index in [9.17, 15) is 4.39 Å². The van der Waals surface area contributed by atoms with E-state index in [-0.39, 0.29) is 11.6 Å². The molecular formula is C25H26FN7O3S. The third kappa shape index (κ3) is 5.70. The molecule has 1 aromatic carbocycles. The monoisotopic (exact) mass is 523 g/mol. The maximum Gasteiger partial charge on any atom is 0.213 e. The summed E-state index contributed by atoms with van der Waals surface area (Å²) in [5.74, 6) is 1.93. The van der Waals surface area contributed by atoms with Gasteiger partial charge in [0, 0.05) is 24.1 Å². The zero-order valence-corrected chi connectivity index (χ0v) is 21.3. The van der Waals surface area contributed by atoms with Crippen molar-refractivity contribution in [2.75, 3.05) is 26.6 Å². The first-order chi connectivity index (χ1) is 17.9. The number of nitrogens with two attached hydrogens (primary N) is 2. The van der Waals surface area contributed by atoms with Crippen molar-refractivity contribution in [3.63, 3.8) is 0 Å². The molecule has 0 bridgehead atoms. The van der Waals surface area contributed by atoms with E-state index in [1.165, 1.54) is 12.1 Å². The molecular weight excluding hydrogens is 497 g/mol. The molecule has 0 unspecified atom stereocenters. The first-order valence-corrected chi connectivity index (χ1v) is 12.0. The molecule has 0 amide bonds. The molecule has 4 rings (SSSR count). The van der Waals surface area contributed by atoms with E-state index in [1.54, 1.807) is 49.1 Å². The predicted octanol–water partition coefficient (Wildman–Crippen LogP) is 4.02. The summed E-state index contributed by atoms with van der Waals surface area (Å²) in [7, 11) is 3.12. The molecule has 0 atom stereocenters. The van der Waals surface area contributed by atoms with Gasteiger partial charge >= 0.3 is 0 Å². The van der Waals surface area contributed by atoms with Crippen molar-refractivity contribution in [1.29, 1.82) is 0 Å². The Labute approximate surface area is 217 Å². The van der Waals surface area contributed by atoms with Crippen LogP contribution < -0.4 is 30.4 Å². The second-order valence-electron chi connectivity index (χ2n) is 7.46. The number of aromatic nitrogens is 4. The van der Waals surface area contributed by atoms with Crippen LogP contribution in [0.15, 0.2) is 65.6 Å². The topological polar surface area (TPSA) is 135 Å². The van der Waals surface area contributed by atoms with Gasteiger partial charge in [-0.1, -0.05) is 12.1 Å². The summed E-state index contributed by atoms with van der Waals surface area (Å²) in [6, 6.07) is 13.6. The first-order valence-electron chi connectivity index (χ1n) is 11.2. The number of hydrogen-bond donors (Lipinski definition) is 3. The van der Waals surface area contributed by atoms with E-state index in [0.29, 0.717) is 51.9 Å². The third-order valence-corrected chi connectivity index (χ3v) is 5.87. The van der Waals surface area contributed by atoms with Gasteiger partial charge in [0.2, 0.25) is 5.88 Å². The summed E-state index contributed by atoms with van der Waals surface area (Å²) >= 11 is 1.12. The van der Waals surface area contributed by atoms with Gasteiger partial charge in [0.25, 0.3) is 0 Å². The standard InChI is InChI=1S/C25H26FN7O3S/c1-4-36-21-10-5-7-16(30-21)25-31-24(28)17(13-20(27)32-37-22-12-11-15(26)14-29-22)33(25)23-18(34-2)8-6-9-19(23)35-3/h5-14,32H,4,27-28H2,1-3H3/b20-13+. The van der Waals surface area contributed by atoms with Gasteiger partial charge in [0.05, 0.1) is 32.7 Å². The number of hydrogen-bond acceptors (Lipinski definition) is 10. The fourth-order valence-corrected chi connectivity index (χ4v) is 4.04. The highest BCUT2D eigenvalue weighted by molar-refractivity contribution is 7.97. The number of benzene rings is 1. The van der Waals surface area contributed by atoms with E-state index in [1.807, 2.05) is 19.1 Å². The Kier molecular flexibility index (Phi) is 7.98. The van der Waals surface area contributed by atoms with Crippen molar-refractivity contribution < 1.29 is 18.6 Å². The Bertz CT molecular complexity index is 1390. The zero-order chi connectivity index (χ0) is 26.4. The minimum Gasteiger partial charge on any atom is -0.494 e. The molecule has 3 aromatic heterocycles. The minimum absolute atomic E-state index is 0.196. The summed E-state index contributed by atoms with van der Waals surface area (Å²) in [6.07, 6.45) is 2.75. The van der Waals surface area contributed by atoms with Gasteiger partial charge in [-0.05, 0) is 37.3 Å². The van der Waals surface area contributed by atoms with Crippen molar-refractivity contribution in [2.45, 2.75) is 11.9 Å². The molecule has 3 heterocycles. The Balaban J connectivity index is 1.85. The predicted molar refractivity (Wildman–Crippen MR) is 141 cm³/mol. The van der Waals surface area contributed by atoms with Crippen molar-refractivity contribution in [3.05, 3.63) is 72.1 Å². The highest BCUT2D eigenvalue weighted by atomic mass is 32.2. The number of nitrogens with zero attached hydrogens (tertiary/aromatic N) is 4. The Morgan fingerprint density at radius 2 is 1.81 bits per heavy atom. The van der Waals surface area contributed by atoms with Crippen molar-refractivity contribution in [3.8, 4) is 34.6 Å². The van der Waals surface area contributed by atoms with Gasteiger partial charge in [-0.25, -0.2) is 19.3 Å². The van der Waals surface area contributed by atoms with Gasteiger partial charge in [0.1, 0.15) is 39.5 Å². The Hall–Kier alpha value is -4.45. The number of para-hydroxylation sites is 1. The summed E-state index contributed by atoms with van der Waals surface area (Å²) in [5.41, 5.74) is 14.2. The molecule has 12 heteroatoms. The lowest BCUT2D eigenvalue weighted by atomic mass is 10.2. The first kappa shape index (κ1) is 25.6. The van der Waals surface area contributed by atoms with Gasteiger partial charge in [0.15, 0.2) is 11.6 Å². The Morgan fingerprint density at radius 1 is 1.08 bits per heavy atom. The van der Waals surface area contributed by atoms with Gasteiger partial charge in [-0.2, -0.15) is 0 Å². The van der Waals surface area contributed by atoms with Crippen molar-refractivity contribution >= 4 is 23.8 Å². The quantitative estimate of drug-likeness (QED) is 0.262. The number of nitrogens with one attached hydrogen (secondary N) is 1. The summed E-state index contributed by atoms with van der Waals surface area (Å²) in [4.78, 5) is 13.2. The molecule has 0 aliphatic rings. The molecule has 0 saturated heterocycles. The lowest BCUT2D eigenvalue weighted by molar-refractivity contribution is 0.327. The van der Waals surface area contributed by atoms with Gasteiger partial charge in [-0.15, -0.1) is 0 Å². The maximum atomic E-state index is 13.2. The number of rotatable bonds is 10. The fourth-order valence-electron chi connectivity index (χ4n) is 3.52. The van der Waals surface area contributed by atoms with E-state index in [2.05, 4.69) is 19.7 Å². The molecule has 0 saturated carbocycles. The van der Waals surface area contributed by atoms with Crippen molar-refractivity contribution in [2.24, 2.45) is 5.73 Å². The van der Waals surface area contributed by atoms with Crippen LogP contribution in [0.3, 0.4) is 0 Å². The number of anilines is 1. The van der Waals surface area contributed by atoms with Crippen LogP contribution in [0.2, 0.25) is 0 Å². The van der Waals surface area contributed by atoms with E-state index in [4.69, 9.17) is 25.7 Å². The van der Waals surface area contributed by atoms with Crippen LogP contribution in [-0.2, 0) is 0 Å². The van der Waals surface area contributed by atoms with Crippen LogP contribution >= 0.6 is 11.9 Å². The number of halogens is 1. The number of methoxy groups -OCH3 is 2. The average molecular weight is 524 g/mol. The van der Waals surface area contributed by atoms with E-state index >= 15 is 0 Å². The fraction of sp³-hybridized carbons (Fsp3) is 0.160. The Morgan fingerprint density at radius 3 is 2.46 bits per heavy atom. The lowest BCUT2D eigenvalue weighted by Gasteiger charge is -2.18. The molecule has 5 N–H and O–H groups in total. The highest BCUT2D eigenvalue weighted by Crippen LogP contribution is 2.38.